The smallest absolute Gasteiger partial charge is 0.0888 e. The van der Waals surface area contributed by atoms with E-state index < -0.39 is 0 Å². The van der Waals surface area contributed by atoms with E-state index in [1.807, 2.05) is 0 Å². The Morgan fingerprint density at radius 1 is 0.516 bits per heavy atom. The number of piperidine rings is 5. The Morgan fingerprint density at radius 2 is 0.812 bits per heavy atom. The van der Waals surface area contributed by atoms with Crippen LogP contribution in [0, 0.1) is 0 Å². The summed E-state index contributed by atoms with van der Waals surface area (Å²) in [5.74, 6) is 0.600. The highest BCUT2D eigenvalue weighted by atomic mass is 15.2. The molecule has 0 aromatic rings. The van der Waals surface area contributed by atoms with Crippen LogP contribution in [0.25, 0.3) is 0 Å². The van der Waals surface area contributed by atoms with Crippen molar-refractivity contribution >= 4 is 0 Å². The van der Waals surface area contributed by atoms with Crippen molar-refractivity contribution in [1.29, 1.82) is 0 Å². The van der Waals surface area contributed by atoms with Crippen LogP contribution in [0.5, 0.6) is 0 Å². The minimum Gasteiger partial charge on any atom is -0.386 e. The molecule has 0 aromatic carbocycles. The molecule has 5 aliphatic rings. The van der Waals surface area contributed by atoms with E-state index in [9.17, 15) is 0 Å². The van der Waals surface area contributed by atoms with Gasteiger partial charge in [0.15, 0.2) is 0 Å². The second kappa shape index (κ2) is 36.9. The van der Waals surface area contributed by atoms with Gasteiger partial charge in [-0.15, -0.1) is 0 Å². The zero-order valence-corrected chi connectivity index (χ0v) is 45.3. The van der Waals surface area contributed by atoms with Crippen LogP contribution in [0.15, 0.2) is 12.4 Å². The minimum atomic E-state index is 0. The normalized spacial score (nSPS) is 21.2. The second-order valence-corrected chi connectivity index (χ2v) is 21.2. The molecule has 5 heterocycles. The molecule has 0 bridgehead atoms. The van der Waals surface area contributed by atoms with Gasteiger partial charge in [-0.3, -0.25) is 4.90 Å². The highest BCUT2D eigenvalue weighted by Gasteiger charge is 2.25. The molecule has 0 amide bonds. The van der Waals surface area contributed by atoms with E-state index in [1.54, 1.807) is 0 Å². The fourth-order valence-corrected chi connectivity index (χ4v) is 8.54. The standard InChI is InChI=1S/C11H25N3.C10H21N3.C9H20N2.C8H18N2.C8H17N.C5H13N.CH4/c1-9(2)14-7-5-11(6-8-14)13(4)10(3)12;1-8(2)13-6-4-10(5-7-13)12-9(3)11;1-8(2)11-6-4-9(10-3)5-7-11;1-7(2)10-5-3-8(9)4-6-10;1-8(2)9-6-4-3-5-7-9;1-5(2)6(3)4;/h9-11H,5-8,12H2,1-4H3;8,10,12H,3-7,11H2,1-2H3;8-10H,4-7H2,1-3H3;7-8H,3-6,9H2,1-2H3;8H,3-7H2,1-2H3;5H,1-4H3;1H4. The lowest BCUT2D eigenvalue weighted by atomic mass is 10.0. The van der Waals surface area contributed by atoms with Crippen LogP contribution in [0.2, 0.25) is 0 Å². The highest BCUT2D eigenvalue weighted by Crippen LogP contribution is 2.18. The summed E-state index contributed by atoms with van der Waals surface area (Å²) in [6.07, 6.45) is 14.3. The lowest BCUT2D eigenvalue weighted by Gasteiger charge is -2.39. The van der Waals surface area contributed by atoms with Gasteiger partial charge in [0.05, 0.1) is 12.0 Å². The van der Waals surface area contributed by atoms with E-state index in [0.29, 0.717) is 48.1 Å². The number of nitrogens with two attached hydrogens (primary N) is 3. The number of hydrogen-bond donors (Lipinski definition) is 5. The number of hydrogen-bond acceptors (Lipinski definition) is 12. The molecule has 12 heteroatoms. The molecule has 5 saturated heterocycles. The summed E-state index contributed by atoms with van der Waals surface area (Å²) in [6.45, 7) is 45.1. The van der Waals surface area contributed by atoms with Gasteiger partial charge in [0, 0.05) is 73.5 Å². The average molecular weight is 912 g/mol. The Morgan fingerprint density at radius 3 is 1.08 bits per heavy atom. The van der Waals surface area contributed by atoms with Crippen molar-refractivity contribution in [3.05, 3.63) is 12.4 Å². The maximum atomic E-state index is 5.87. The van der Waals surface area contributed by atoms with Gasteiger partial charge >= 0.3 is 0 Å². The largest absolute Gasteiger partial charge is 0.386 e. The zero-order chi connectivity index (χ0) is 48.2. The molecule has 0 saturated carbocycles. The Labute approximate surface area is 401 Å². The molecular weight excluding hydrogens is 793 g/mol. The van der Waals surface area contributed by atoms with Gasteiger partial charge in [-0.25, -0.2) is 0 Å². The molecule has 0 aliphatic carbocycles. The fraction of sp³-hybridized carbons (Fsp3) is 0.962. The summed E-state index contributed by atoms with van der Waals surface area (Å²) in [7, 11) is 8.35. The first-order valence-electron chi connectivity index (χ1n) is 26.0. The monoisotopic (exact) mass is 911 g/mol. The van der Waals surface area contributed by atoms with Gasteiger partial charge in [-0.2, -0.15) is 0 Å². The van der Waals surface area contributed by atoms with E-state index in [1.165, 1.54) is 136 Å². The topological polar surface area (TPSA) is 125 Å². The van der Waals surface area contributed by atoms with Crippen molar-refractivity contribution in [3.8, 4) is 0 Å². The predicted octanol–water partition coefficient (Wildman–Crippen LogP) is 7.34. The highest BCUT2D eigenvalue weighted by molar-refractivity contribution is 4.90. The third-order valence-electron chi connectivity index (χ3n) is 14.2. The summed E-state index contributed by atoms with van der Waals surface area (Å²) >= 11 is 0. The SMILES string of the molecule is C.C=C(N)NC1CCN(C(C)C)CC1.CC(C)N(C)C.CC(C)N1CCC(N(C)C(C)N)CC1.CC(C)N1CCC(N)CC1.CC(C)N1CCCCC1.CNC1CCN(C(C)C)CC1. The number of nitrogens with zero attached hydrogens (tertiary/aromatic N) is 7. The average Bonchev–Trinajstić information content (AvgIpc) is 3.25. The van der Waals surface area contributed by atoms with Crippen molar-refractivity contribution < 1.29 is 0 Å². The Bertz CT molecular complexity index is 1040. The van der Waals surface area contributed by atoms with E-state index >= 15 is 0 Å². The van der Waals surface area contributed by atoms with Crippen LogP contribution >= 0.6 is 0 Å². The van der Waals surface area contributed by atoms with Crippen molar-refractivity contribution in [2.75, 3.05) is 93.6 Å². The summed E-state index contributed by atoms with van der Waals surface area (Å²) in [5.41, 5.74) is 17.1. The molecule has 0 spiro atoms. The third-order valence-corrected chi connectivity index (χ3v) is 14.2. The van der Waals surface area contributed by atoms with E-state index in [4.69, 9.17) is 17.2 Å². The lowest BCUT2D eigenvalue weighted by Crippen LogP contribution is -2.50. The zero-order valence-electron chi connectivity index (χ0n) is 45.3. The summed E-state index contributed by atoms with van der Waals surface area (Å²) < 4.78 is 0. The molecule has 386 valence electrons. The van der Waals surface area contributed by atoms with Gasteiger partial charge in [0.2, 0.25) is 0 Å². The van der Waals surface area contributed by atoms with Gasteiger partial charge in [-0.05, 0) is 235 Å². The van der Waals surface area contributed by atoms with Gasteiger partial charge in [0.1, 0.15) is 0 Å². The van der Waals surface area contributed by atoms with Crippen LogP contribution < -0.4 is 27.8 Å². The van der Waals surface area contributed by atoms with Crippen LogP contribution in [0.3, 0.4) is 0 Å². The molecule has 8 N–H and O–H groups in total. The molecule has 5 fully saturated rings. The Hall–Kier alpha value is -1.06. The van der Waals surface area contributed by atoms with Crippen molar-refractivity contribution in [2.45, 2.75) is 235 Å². The van der Waals surface area contributed by atoms with Gasteiger partial charge < -0.3 is 57.2 Å². The number of rotatable bonds is 11. The van der Waals surface area contributed by atoms with Crippen LogP contribution in [0.4, 0.5) is 0 Å². The molecule has 5 aliphatic heterocycles. The van der Waals surface area contributed by atoms with E-state index in [2.05, 4.69) is 170 Å². The van der Waals surface area contributed by atoms with Crippen LogP contribution in [-0.4, -0.2) is 195 Å². The van der Waals surface area contributed by atoms with E-state index in [-0.39, 0.29) is 13.6 Å². The fourth-order valence-electron chi connectivity index (χ4n) is 8.54. The molecular formula is C52H118N12. The quantitative estimate of drug-likeness (QED) is 0.133. The summed E-state index contributed by atoms with van der Waals surface area (Å²) in [5, 5.41) is 6.53. The Kier molecular flexibility index (Phi) is 37.5. The van der Waals surface area contributed by atoms with E-state index in [0.717, 1.165) is 18.1 Å². The maximum absolute atomic E-state index is 5.87. The van der Waals surface area contributed by atoms with Crippen LogP contribution in [-0.2, 0) is 0 Å². The molecule has 1 unspecified atom stereocenters. The molecule has 5 rings (SSSR count). The predicted molar refractivity (Wildman–Crippen MR) is 286 cm³/mol. The number of likely N-dealkylation sites (tertiary alicyclic amines) is 5. The first-order valence-corrected chi connectivity index (χ1v) is 26.0. The number of nitrogens with one attached hydrogen (secondary N) is 2. The molecule has 12 nitrogen and oxygen atoms in total. The van der Waals surface area contributed by atoms with Crippen molar-refractivity contribution in [1.82, 2.24) is 44.9 Å². The lowest BCUT2D eigenvalue weighted by molar-refractivity contribution is 0.0885. The third kappa shape index (κ3) is 30.3. The summed E-state index contributed by atoms with van der Waals surface area (Å²) in [4.78, 5) is 17.1. The first-order chi connectivity index (χ1) is 29.5. The summed E-state index contributed by atoms with van der Waals surface area (Å²) in [6, 6.07) is 6.70. The van der Waals surface area contributed by atoms with Crippen LogP contribution in [0.1, 0.15) is 168 Å². The Balaban J connectivity index is 0. The maximum Gasteiger partial charge on any atom is 0.0888 e. The van der Waals surface area contributed by atoms with Crippen molar-refractivity contribution in [3.63, 3.8) is 0 Å². The minimum absolute atomic E-state index is 0. The molecule has 1 atom stereocenters. The first kappa shape index (κ1) is 65.0. The van der Waals surface area contributed by atoms with Crippen molar-refractivity contribution in [2.24, 2.45) is 17.2 Å². The van der Waals surface area contributed by atoms with Gasteiger partial charge in [0.25, 0.3) is 0 Å². The van der Waals surface area contributed by atoms with Gasteiger partial charge in [-0.1, -0.05) is 20.4 Å². The molecule has 64 heavy (non-hydrogen) atoms. The molecule has 0 aromatic heterocycles. The second-order valence-electron chi connectivity index (χ2n) is 21.2. The molecule has 0 radical (unpaired) electrons.